The fourth-order valence-electron chi connectivity index (χ4n) is 1.92. The summed E-state index contributed by atoms with van der Waals surface area (Å²) in [6.45, 7) is 1.97. The van der Waals surface area contributed by atoms with Crippen LogP contribution in [0.5, 0.6) is 0 Å². The molecule has 0 radical (unpaired) electrons. The highest BCUT2D eigenvalue weighted by molar-refractivity contribution is 14.1. The maximum atomic E-state index is 12.2. The van der Waals surface area contributed by atoms with E-state index in [2.05, 4.69) is 32.9 Å². The van der Waals surface area contributed by atoms with E-state index in [4.69, 9.17) is 0 Å². The Morgan fingerprint density at radius 2 is 1.95 bits per heavy atom. The van der Waals surface area contributed by atoms with Crippen LogP contribution in [0.2, 0.25) is 0 Å². The van der Waals surface area contributed by atoms with E-state index in [1.54, 1.807) is 11.3 Å². The zero-order valence-electron chi connectivity index (χ0n) is 10.7. The van der Waals surface area contributed by atoms with Crippen molar-refractivity contribution in [2.24, 2.45) is 0 Å². The van der Waals surface area contributed by atoms with E-state index in [0.717, 1.165) is 24.5 Å². The molecule has 0 aliphatic rings. The van der Waals surface area contributed by atoms with E-state index in [1.807, 2.05) is 49.4 Å². The molecule has 1 N–H and O–H groups in total. The summed E-state index contributed by atoms with van der Waals surface area (Å²) in [5.74, 6) is -0.0980. The van der Waals surface area contributed by atoms with Gasteiger partial charge in [-0.2, -0.15) is 0 Å². The fraction of sp³-hybridized carbons (Fsp3) is 0.0667. The molecule has 3 rings (SSSR count). The average Bonchev–Trinajstić information content (AvgIpc) is 2.80. The van der Waals surface area contributed by atoms with Crippen LogP contribution in [0.15, 0.2) is 42.5 Å². The summed E-state index contributed by atoms with van der Waals surface area (Å²) in [7, 11) is 0. The maximum absolute atomic E-state index is 12.2. The Hall–Kier alpha value is -1.47. The van der Waals surface area contributed by atoms with Crippen molar-refractivity contribution in [3.8, 4) is 0 Å². The molecule has 5 heteroatoms. The van der Waals surface area contributed by atoms with E-state index >= 15 is 0 Å². The predicted octanol–water partition coefficient (Wildman–Crippen LogP) is 4.46. The van der Waals surface area contributed by atoms with Gasteiger partial charge in [0.05, 0.1) is 15.2 Å². The number of nitrogens with zero attached hydrogens (tertiary/aromatic N) is 1. The Bertz CT molecular complexity index is 780. The van der Waals surface area contributed by atoms with Crippen LogP contribution in [0, 0.1) is 10.5 Å². The lowest BCUT2D eigenvalue weighted by molar-refractivity contribution is 0.102. The lowest BCUT2D eigenvalue weighted by atomic mass is 10.2. The number of thiazole rings is 1. The number of benzene rings is 2. The first-order valence-electron chi connectivity index (χ1n) is 6.06. The van der Waals surface area contributed by atoms with Crippen molar-refractivity contribution < 1.29 is 4.79 Å². The number of carbonyl (C=O) groups is 1. The van der Waals surface area contributed by atoms with Gasteiger partial charge < -0.3 is 5.32 Å². The highest BCUT2D eigenvalue weighted by atomic mass is 127. The van der Waals surface area contributed by atoms with Crippen molar-refractivity contribution in [1.29, 1.82) is 0 Å². The van der Waals surface area contributed by atoms with E-state index in [-0.39, 0.29) is 5.91 Å². The quantitative estimate of drug-likeness (QED) is 0.652. The van der Waals surface area contributed by atoms with Crippen LogP contribution in [0.4, 0.5) is 5.69 Å². The number of anilines is 1. The number of amides is 1. The van der Waals surface area contributed by atoms with Crippen molar-refractivity contribution in [1.82, 2.24) is 4.98 Å². The van der Waals surface area contributed by atoms with E-state index in [0.29, 0.717) is 5.56 Å². The van der Waals surface area contributed by atoms with Gasteiger partial charge in [-0.25, -0.2) is 4.98 Å². The minimum absolute atomic E-state index is 0.0980. The normalized spacial score (nSPS) is 10.7. The topological polar surface area (TPSA) is 42.0 Å². The molecule has 3 aromatic rings. The van der Waals surface area contributed by atoms with Gasteiger partial charge in [-0.15, -0.1) is 11.3 Å². The van der Waals surface area contributed by atoms with Crippen LogP contribution in [-0.4, -0.2) is 10.9 Å². The van der Waals surface area contributed by atoms with Gasteiger partial charge in [0, 0.05) is 14.8 Å². The third kappa shape index (κ3) is 2.83. The van der Waals surface area contributed by atoms with Gasteiger partial charge in [0.15, 0.2) is 0 Å². The molecule has 0 unspecified atom stereocenters. The number of carbonyl (C=O) groups excluding carboxylic acids is 1. The Morgan fingerprint density at radius 1 is 1.20 bits per heavy atom. The van der Waals surface area contributed by atoms with Crippen molar-refractivity contribution in [3.63, 3.8) is 0 Å². The summed E-state index contributed by atoms with van der Waals surface area (Å²) in [6.07, 6.45) is 0. The third-order valence-electron chi connectivity index (χ3n) is 2.86. The fourth-order valence-corrected chi connectivity index (χ4v) is 3.14. The highest BCUT2D eigenvalue weighted by Crippen LogP contribution is 2.23. The van der Waals surface area contributed by atoms with Gasteiger partial charge in [0.2, 0.25) is 0 Å². The van der Waals surface area contributed by atoms with Gasteiger partial charge in [0.1, 0.15) is 0 Å². The zero-order valence-corrected chi connectivity index (χ0v) is 13.7. The van der Waals surface area contributed by atoms with Crippen molar-refractivity contribution in [3.05, 3.63) is 56.6 Å². The molecule has 3 nitrogen and oxygen atoms in total. The molecule has 1 amide bonds. The van der Waals surface area contributed by atoms with Crippen LogP contribution < -0.4 is 5.32 Å². The molecular formula is C15H11IN2OS. The average molecular weight is 394 g/mol. The first-order valence-corrected chi connectivity index (χ1v) is 7.95. The Balaban J connectivity index is 1.86. The molecule has 100 valence electrons. The van der Waals surface area contributed by atoms with E-state index in [1.165, 1.54) is 0 Å². The number of rotatable bonds is 2. The summed E-state index contributed by atoms with van der Waals surface area (Å²) in [5, 5.41) is 3.91. The predicted molar refractivity (Wildman–Crippen MR) is 91.5 cm³/mol. The first-order chi connectivity index (χ1) is 9.61. The van der Waals surface area contributed by atoms with E-state index in [9.17, 15) is 4.79 Å². The SMILES string of the molecule is Cc1nc2ccc(C(=O)Nc3ccc(I)cc3)cc2s1. The number of hydrogen-bond acceptors (Lipinski definition) is 3. The largest absolute Gasteiger partial charge is 0.322 e. The summed E-state index contributed by atoms with van der Waals surface area (Å²) in [6, 6.07) is 13.3. The summed E-state index contributed by atoms with van der Waals surface area (Å²) >= 11 is 3.84. The number of hydrogen-bond donors (Lipinski definition) is 1. The van der Waals surface area contributed by atoms with Gasteiger partial charge in [0.25, 0.3) is 5.91 Å². The molecule has 0 fully saturated rings. The second-order valence-corrected chi connectivity index (χ2v) is 6.86. The summed E-state index contributed by atoms with van der Waals surface area (Å²) < 4.78 is 2.18. The minimum atomic E-state index is -0.0980. The molecule has 0 saturated heterocycles. The molecule has 20 heavy (non-hydrogen) atoms. The molecule has 0 bridgehead atoms. The van der Waals surface area contributed by atoms with Crippen molar-refractivity contribution >= 4 is 55.7 Å². The van der Waals surface area contributed by atoms with Gasteiger partial charge >= 0.3 is 0 Å². The van der Waals surface area contributed by atoms with Crippen LogP contribution >= 0.6 is 33.9 Å². The lowest BCUT2D eigenvalue weighted by Gasteiger charge is -2.05. The molecular weight excluding hydrogens is 383 g/mol. The molecule has 0 atom stereocenters. The Kier molecular flexibility index (Phi) is 3.71. The standard InChI is InChI=1S/C15H11IN2OS/c1-9-17-13-7-2-10(8-14(13)20-9)15(19)18-12-5-3-11(16)4-6-12/h2-8H,1H3,(H,18,19). The second-order valence-electron chi connectivity index (χ2n) is 4.38. The molecule has 0 saturated carbocycles. The van der Waals surface area contributed by atoms with Crippen LogP contribution in [0.1, 0.15) is 15.4 Å². The van der Waals surface area contributed by atoms with E-state index < -0.39 is 0 Å². The summed E-state index contributed by atoms with van der Waals surface area (Å²) in [5.41, 5.74) is 2.40. The summed E-state index contributed by atoms with van der Waals surface area (Å²) in [4.78, 5) is 16.6. The number of aryl methyl sites for hydroxylation is 1. The second kappa shape index (κ2) is 5.49. The monoisotopic (exact) mass is 394 g/mol. The zero-order chi connectivity index (χ0) is 14.1. The van der Waals surface area contributed by atoms with Gasteiger partial charge in [-0.3, -0.25) is 4.79 Å². The number of halogens is 1. The van der Waals surface area contributed by atoms with Crippen LogP contribution in [-0.2, 0) is 0 Å². The Morgan fingerprint density at radius 3 is 2.70 bits per heavy atom. The number of aromatic nitrogens is 1. The number of nitrogens with one attached hydrogen (secondary N) is 1. The molecule has 1 heterocycles. The van der Waals surface area contributed by atoms with Crippen LogP contribution in [0.3, 0.4) is 0 Å². The molecule has 1 aromatic heterocycles. The van der Waals surface area contributed by atoms with Crippen molar-refractivity contribution in [2.45, 2.75) is 6.92 Å². The third-order valence-corrected chi connectivity index (χ3v) is 4.51. The maximum Gasteiger partial charge on any atom is 0.255 e. The molecule has 0 aliphatic heterocycles. The van der Waals surface area contributed by atoms with Gasteiger partial charge in [-0.05, 0) is 72.0 Å². The smallest absolute Gasteiger partial charge is 0.255 e. The lowest BCUT2D eigenvalue weighted by Crippen LogP contribution is -2.11. The Labute approximate surface area is 134 Å². The highest BCUT2D eigenvalue weighted by Gasteiger charge is 2.08. The molecule has 0 aliphatic carbocycles. The molecule has 2 aromatic carbocycles. The minimum Gasteiger partial charge on any atom is -0.322 e. The molecule has 0 spiro atoms. The first kappa shape index (κ1) is 13.5. The van der Waals surface area contributed by atoms with Crippen molar-refractivity contribution in [2.75, 3.05) is 5.32 Å². The number of fused-ring (bicyclic) bond motifs is 1. The van der Waals surface area contributed by atoms with Crippen LogP contribution in [0.25, 0.3) is 10.2 Å². The van der Waals surface area contributed by atoms with Gasteiger partial charge in [-0.1, -0.05) is 0 Å².